The number of ether oxygens (including phenoxy) is 1. The normalized spacial score (nSPS) is 21.2. The molecule has 2 aromatic carbocycles. The summed E-state index contributed by atoms with van der Waals surface area (Å²) in [6, 6.07) is 11.2. The first-order chi connectivity index (χ1) is 9.54. The molecule has 3 rings (SSSR count). The highest BCUT2D eigenvalue weighted by Crippen LogP contribution is 2.43. The van der Waals surface area contributed by atoms with E-state index in [9.17, 15) is 5.11 Å². The third-order valence-electron chi connectivity index (χ3n) is 3.35. The van der Waals surface area contributed by atoms with Crippen LogP contribution >= 0.6 is 43.5 Å². The van der Waals surface area contributed by atoms with Crippen LogP contribution in [0.3, 0.4) is 0 Å². The molecule has 0 spiro atoms. The molecule has 2 atom stereocenters. The molecule has 5 heteroatoms. The van der Waals surface area contributed by atoms with Crippen molar-refractivity contribution in [3.05, 3.63) is 61.5 Å². The summed E-state index contributed by atoms with van der Waals surface area (Å²) in [4.78, 5) is 0. The Hall–Kier alpha value is -0.550. The van der Waals surface area contributed by atoms with Crippen molar-refractivity contribution < 1.29 is 9.84 Å². The monoisotopic (exact) mass is 416 g/mol. The summed E-state index contributed by atoms with van der Waals surface area (Å²) in [5, 5.41) is 11.0. The lowest BCUT2D eigenvalue weighted by Gasteiger charge is -2.30. The molecule has 1 heterocycles. The molecule has 0 amide bonds. The van der Waals surface area contributed by atoms with Crippen molar-refractivity contribution in [2.75, 3.05) is 0 Å². The molecule has 1 unspecified atom stereocenters. The Morgan fingerprint density at radius 3 is 2.70 bits per heavy atom. The maximum Gasteiger partial charge on any atom is 0.128 e. The van der Waals surface area contributed by atoms with Crippen LogP contribution in [0.1, 0.15) is 29.8 Å². The molecule has 0 saturated heterocycles. The van der Waals surface area contributed by atoms with E-state index in [0.717, 1.165) is 20.1 Å². The minimum atomic E-state index is -0.539. The van der Waals surface area contributed by atoms with Gasteiger partial charge in [-0.05, 0) is 30.3 Å². The Morgan fingerprint density at radius 2 is 1.90 bits per heavy atom. The molecule has 2 aromatic rings. The van der Waals surface area contributed by atoms with Crippen LogP contribution in [0, 0.1) is 0 Å². The molecular formula is C15H11Br2ClO2. The van der Waals surface area contributed by atoms with Crippen LogP contribution in [0.4, 0.5) is 0 Å². The number of rotatable bonds is 1. The van der Waals surface area contributed by atoms with Crippen LogP contribution < -0.4 is 4.74 Å². The number of benzene rings is 2. The zero-order chi connectivity index (χ0) is 14.3. The van der Waals surface area contributed by atoms with Gasteiger partial charge in [0.25, 0.3) is 0 Å². The van der Waals surface area contributed by atoms with Gasteiger partial charge in [0.15, 0.2) is 0 Å². The van der Waals surface area contributed by atoms with Crippen LogP contribution in [-0.4, -0.2) is 5.11 Å². The fourth-order valence-corrected chi connectivity index (χ4v) is 3.39. The third kappa shape index (κ3) is 2.75. The Morgan fingerprint density at radius 1 is 1.10 bits per heavy atom. The van der Waals surface area contributed by atoms with Gasteiger partial charge in [0.1, 0.15) is 11.9 Å². The van der Waals surface area contributed by atoms with Gasteiger partial charge in [-0.3, -0.25) is 0 Å². The van der Waals surface area contributed by atoms with Crippen molar-refractivity contribution in [1.29, 1.82) is 0 Å². The van der Waals surface area contributed by atoms with E-state index in [0.29, 0.717) is 17.2 Å². The van der Waals surface area contributed by atoms with Crippen LogP contribution in [-0.2, 0) is 0 Å². The van der Waals surface area contributed by atoms with Gasteiger partial charge in [-0.2, -0.15) is 0 Å². The van der Waals surface area contributed by atoms with E-state index in [-0.39, 0.29) is 6.10 Å². The first kappa shape index (κ1) is 14.4. The lowest BCUT2D eigenvalue weighted by atomic mass is 9.95. The van der Waals surface area contributed by atoms with Gasteiger partial charge in [-0.15, -0.1) is 0 Å². The van der Waals surface area contributed by atoms with Gasteiger partial charge < -0.3 is 9.84 Å². The standard InChI is InChI=1S/C15H11Br2ClO2/c16-8-1-3-10-13(19)7-15(20-14(10)5-8)11-6-9(18)2-4-12(11)17/h1-6,13,15,19H,7H2/t13-,15?/m1/s1. The van der Waals surface area contributed by atoms with Crippen LogP contribution in [0.5, 0.6) is 5.75 Å². The SMILES string of the molecule is O[C@@H]1CC(c2cc(Cl)ccc2Br)Oc2cc(Br)ccc21. The highest BCUT2D eigenvalue weighted by Gasteiger charge is 2.29. The number of aliphatic hydroxyl groups is 1. The highest BCUT2D eigenvalue weighted by atomic mass is 79.9. The minimum absolute atomic E-state index is 0.222. The molecule has 0 saturated carbocycles. The van der Waals surface area contributed by atoms with Crippen molar-refractivity contribution in [2.45, 2.75) is 18.6 Å². The molecule has 0 aromatic heterocycles. The van der Waals surface area contributed by atoms with Crippen LogP contribution in [0.25, 0.3) is 0 Å². The van der Waals surface area contributed by atoms with E-state index < -0.39 is 6.10 Å². The second-order valence-electron chi connectivity index (χ2n) is 4.71. The molecule has 1 aliphatic heterocycles. The van der Waals surface area contributed by atoms with Gasteiger partial charge in [-0.1, -0.05) is 49.5 Å². The van der Waals surface area contributed by atoms with E-state index in [4.69, 9.17) is 16.3 Å². The van der Waals surface area contributed by atoms with Gasteiger partial charge in [-0.25, -0.2) is 0 Å². The first-order valence-electron chi connectivity index (χ1n) is 6.13. The largest absolute Gasteiger partial charge is 0.485 e. The fraction of sp³-hybridized carbons (Fsp3) is 0.200. The third-order valence-corrected chi connectivity index (χ3v) is 4.80. The zero-order valence-electron chi connectivity index (χ0n) is 10.3. The summed E-state index contributed by atoms with van der Waals surface area (Å²) in [7, 11) is 0. The molecule has 20 heavy (non-hydrogen) atoms. The molecule has 104 valence electrons. The van der Waals surface area contributed by atoms with Crippen molar-refractivity contribution >= 4 is 43.5 Å². The van der Waals surface area contributed by atoms with Crippen molar-refractivity contribution in [1.82, 2.24) is 0 Å². The van der Waals surface area contributed by atoms with Gasteiger partial charge >= 0.3 is 0 Å². The molecule has 0 bridgehead atoms. The Labute approximate surface area is 139 Å². The molecule has 2 nitrogen and oxygen atoms in total. The fourth-order valence-electron chi connectivity index (χ4n) is 2.37. The predicted octanol–water partition coefficient (Wildman–Crippen LogP) is 5.42. The molecular weight excluding hydrogens is 407 g/mol. The van der Waals surface area contributed by atoms with Gasteiger partial charge in [0.2, 0.25) is 0 Å². The van der Waals surface area contributed by atoms with Crippen LogP contribution in [0.15, 0.2) is 45.3 Å². The quantitative estimate of drug-likeness (QED) is 0.670. The first-order valence-corrected chi connectivity index (χ1v) is 8.10. The molecule has 0 radical (unpaired) electrons. The van der Waals surface area contributed by atoms with Crippen molar-refractivity contribution in [3.63, 3.8) is 0 Å². The number of halogens is 3. The second-order valence-corrected chi connectivity index (χ2v) is 6.91. The Balaban J connectivity index is 2.00. The van der Waals surface area contributed by atoms with Gasteiger partial charge in [0, 0.05) is 31.5 Å². The van der Waals surface area contributed by atoms with E-state index in [1.807, 2.05) is 36.4 Å². The molecule has 0 fully saturated rings. The van der Waals surface area contributed by atoms with Crippen molar-refractivity contribution in [3.8, 4) is 5.75 Å². The van der Waals surface area contributed by atoms with E-state index in [1.165, 1.54) is 0 Å². The summed E-state index contributed by atoms with van der Waals surface area (Å²) >= 11 is 13.0. The maximum atomic E-state index is 10.3. The number of fused-ring (bicyclic) bond motifs is 1. The average molecular weight is 419 g/mol. The number of hydrogen-bond donors (Lipinski definition) is 1. The number of hydrogen-bond acceptors (Lipinski definition) is 2. The Bertz CT molecular complexity index is 660. The van der Waals surface area contributed by atoms with Crippen molar-refractivity contribution in [2.24, 2.45) is 0 Å². The lowest BCUT2D eigenvalue weighted by molar-refractivity contribution is 0.0653. The minimum Gasteiger partial charge on any atom is -0.485 e. The summed E-state index contributed by atoms with van der Waals surface area (Å²) < 4.78 is 7.88. The van der Waals surface area contributed by atoms with E-state index >= 15 is 0 Å². The zero-order valence-corrected chi connectivity index (χ0v) is 14.2. The summed E-state index contributed by atoms with van der Waals surface area (Å²) in [6.07, 6.45) is -0.254. The summed E-state index contributed by atoms with van der Waals surface area (Å²) in [5.41, 5.74) is 1.77. The topological polar surface area (TPSA) is 29.5 Å². The average Bonchev–Trinajstić information content (AvgIpc) is 2.41. The maximum absolute atomic E-state index is 10.3. The second kappa shape index (κ2) is 5.68. The molecule has 1 aliphatic rings. The summed E-state index contributed by atoms with van der Waals surface area (Å²) in [5.74, 6) is 0.704. The van der Waals surface area contributed by atoms with Crippen LogP contribution in [0.2, 0.25) is 5.02 Å². The molecule has 1 N–H and O–H groups in total. The van der Waals surface area contributed by atoms with E-state index in [1.54, 1.807) is 0 Å². The van der Waals surface area contributed by atoms with Gasteiger partial charge in [0.05, 0.1) is 6.10 Å². The molecule has 0 aliphatic carbocycles. The van der Waals surface area contributed by atoms with E-state index in [2.05, 4.69) is 31.9 Å². The smallest absolute Gasteiger partial charge is 0.128 e. The highest BCUT2D eigenvalue weighted by molar-refractivity contribution is 9.10. The lowest BCUT2D eigenvalue weighted by Crippen LogP contribution is -2.19. The number of aliphatic hydroxyl groups excluding tert-OH is 1. The Kier molecular flexibility index (Phi) is 4.09. The summed E-state index contributed by atoms with van der Waals surface area (Å²) in [6.45, 7) is 0. The predicted molar refractivity (Wildman–Crippen MR) is 86.2 cm³/mol.